The molecule has 22 heavy (non-hydrogen) atoms. The number of nitrogens with zero attached hydrogens (tertiary/aromatic N) is 1. The quantitative estimate of drug-likeness (QED) is 0.688. The molecule has 0 aromatic heterocycles. The topological polar surface area (TPSA) is 38.8 Å². The Morgan fingerprint density at radius 2 is 1.95 bits per heavy atom. The maximum atomic E-state index is 12.7. The molecule has 0 saturated heterocycles. The minimum Gasteiger partial charge on any atom is -0.493 e. The molecule has 0 spiro atoms. The van der Waals surface area contributed by atoms with E-state index in [1.165, 1.54) is 0 Å². The maximum Gasteiger partial charge on any atom is 0.254 e. The Hall–Kier alpha value is -1.97. The molecular weight excluding hydrogens is 278 g/mol. The number of carbonyl (C=O) groups excluding carboxylic acids is 1. The molecule has 0 fully saturated rings. The average molecular weight is 305 g/mol. The Labute approximate surface area is 133 Å². The molecule has 0 atom stereocenters. The van der Waals surface area contributed by atoms with E-state index in [0.717, 1.165) is 5.56 Å². The van der Waals surface area contributed by atoms with E-state index < -0.39 is 0 Å². The summed E-state index contributed by atoms with van der Waals surface area (Å²) in [7, 11) is 1.60. The Balaban J connectivity index is 3.44. The van der Waals surface area contributed by atoms with Gasteiger partial charge in [0.25, 0.3) is 5.91 Å². The average Bonchev–Trinajstić information content (AvgIpc) is 2.49. The second-order valence-electron chi connectivity index (χ2n) is 5.26. The number of rotatable bonds is 8. The van der Waals surface area contributed by atoms with Crippen molar-refractivity contribution in [1.82, 2.24) is 4.90 Å². The van der Waals surface area contributed by atoms with Crippen LogP contribution in [-0.4, -0.2) is 37.1 Å². The van der Waals surface area contributed by atoms with Gasteiger partial charge in [-0.05, 0) is 46.2 Å². The summed E-state index contributed by atoms with van der Waals surface area (Å²) in [6.07, 6.45) is 2.33. The third-order valence-electron chi connectivity index (χ3n) is 3.43. The number of carbonyl (C=O) groups is 1. The van der Waals surface area contributed by atoms with Gasteiger partial charge in [-0.2, -0.15) is 0 Å². The van der Waals surface area contributed by atoms with Gasteiger partial charge in [0.15, 0.2) is 11.5 Å². The smallest absolute Gasteiger partial charge is 0.254 e. The molecule has 0 N–H and O–H groups in total. The van der Waals surface area contributed by atoms with Crippen molar-refractivity contribution in [3.05, 3.63) is 35.9 Å². The zero-order valence-electron chi connectivity index (χ0n) is 14.3. The number of methoxy groups -OCH3 is 1. The molecule has 0 bridgehead atoms. The van der Waals surface area contributed by atoms with Crippen LogP contribution in [0, 0.1) is 0 Å². The summed E-state index contributed by atoms with van der Waals surface area (Å²) in [5.41, 5.74) is 1.49. The highest BCUT2D eigenvalue weighted by Crippen LogP contribution is 2.35. The normalized spacial score (nSPS) is 10.5. The van der Waals surface area contributed by atoms with E-state index in [4.69, 9.17) is 9.47 Å². The first-order valence-electron chi connectivity index (χ1n) is 7.76. The largest absolute Gasteiger partial charge is 0.493 e. The molecule has 1 aromatic carbocycles. The lowest BCUT2D eigenvalue weighted by Gasteiger charge is -2.23. The maximum absolute atomic E-state index is 12.7. The first kappa shape index (κ1) is 18.1. The van der Waals surface area contributed by atoms with Crippen molar-refractivity contribution in [3.8, 4) is 11.5 Å². The molecule has 0 aliphatic carbocycles. The lowest BCUT2D eigenvalue weighted by molar-refractivity contribution is 0.0771. The zero-order chi connectivity index (χ0) is 16.7. The van der Waals surface area contributed by atoms with E-state index in [2.05, 4.69) is 6.58 Å². The molecule has 1 aromatic rings. The van der Waals surface area contributed by atoms with Gasteiger partial charge < -0.3 is 14.4 Å². The monoisotopic (exact) mass is 305 g/mol. The minimum absolute atomic E-state index is 0.00345. The van der Waals surface area contributed by atoms with Gasteiger partial charge in [-0.15, -0.1) is 6.58 Å². The predicted molar refractivity (Wildman–Crippen MR) is 89.9 cm³/mol. The van der Waals surface area contributed by atoms with E-state index >= 15 is 0 Å². The first-order chi connectivity index (χ1) is 10.5. The second-order valence-corrected chi connectivity index (χ2v) is 5.26. The van der Waals surface area contributed by atoms with Gasteiger partial charge in [0.05, 0.1) is 13.2 Å². The van der Waals surface area contributed by atoms with Gasteiger partial charge in [0, 0.05) is 24.2 Å². The molecule has 0 aliphatic rings. The van der Waals surface area contributed by atoms with E-state index in [9.17, 15) is 4.79 Å². The lowest BCUT2D eigenvalue weighted by Crippen LogP contribution is -2.31. The number of benzene rings is 1. The summed E-state index contributed by atoms with van der Waals surface area (Å²) in [6, 6.07) is 3.60. The first-order valence-corrected chi connectivity index (χ1v) is 7.76. The van der Waals surface area contributed by atoms with Crippen LogP contribution in [0.4, 0.5) is 0 Å². The van der Waals surface area contributed by atoms with Crippen molar-refractivity contribution in [2.45, 2.75) is 40.2 Å². The number of amides is 1. The summed E-state index contributed by atoms with van der Waals surface area (Å²) in [5, 5.41) is 0. The zero-order valence-corrected chi connectivity index (χ0v) is 14.3. The predicted octanol–water partition coefficient (Wildman–Crippen LogP) is 3.69. The van der Waals surface area contributed by atoms with Gasteiger partial charge in [-0.3, -0.25) is 4.79 Å². The molecule has 0 unspecified atom stereocenters. The Kier molecular flexibility index (Phi) is 6.96. The van der Waals surface area contributed by atoms with Crippen molar-refractivity contribution in [3.63, 3.8) is 0 Å². The van der Waals surface area contributed by atoms with Gasteiger partial charge in [-0.25, -0.2) is 0 Å². The lowest BCUT2D eigenvalue weighted by atomic mass is 10.0. The van der Waals surface area contributed by atoms with Crippen molar-refractivity contribution in [2.24, 2.45) is 0 Å². The molecule has 0 heterocycles. The number of hydrogen-bond donors (Lipinski definition) is 0. The van der Waals surface area contributed by atoms with Crippen molar-refractivity contribution >= 4 is 5.91 Å². The highest BCUT2D eigenvalue weighted by atomic mass is 16.5. The molecule has 0 saturated carbocycles. The molecule has 0 aliphatic heterocycles. The van der Waals surface area contributed by atoms with Crippen LogP contribution in [0.2, 0.25) is 0 Å². The van der Waals surface area contributed by atoms with E-state index in [-0.39, 0.29) is 12.0 Å². The molecule has 1 amide bonds. The van der Waals surface area contributed by atoms with Gasteiger partial charge in [0.2, 0.25) is 0 Å². The van der Waals surface area contributed by atoms with Crippen molar-refractivity contribution < 1.29 is 14.3 Å². The standard InChI is InChI=1S/C18H27NO3/c1-7-10-14-15(18(20)19(8-2)9-3)11-12-16(21-6)17(14)22-13(4)5/h7,11-13H,1,8-10H2,2-6H3. The van der Waals surface area contributed by atoms with Crippen LogP contribution in [-0.2, 0) is 6.42 Å². The van der Waals surface area contributed by atoms with Gasteiger partial charge in [-0.1, -0.05) is 6.08 Å². The number of hydrogen-bond acceptors (Lipinski definition) is 3. The van der Waals surface area contributed by atoms with Gasteiger partial charge >= 0.3 is 0 Å². The summed E-state index contributed by atoms with van der Waals surface area (Å²) in [6.45, 7) is 13.0. The highest BCUT2D eigenvalue weighted by molar-refractivity contribution is 5.97. The summed E-state index contributed by atoms with van der Waals surface area (Å²) >= 11 is 0. The fourth-order valence-electron chi connectivity index (χ4n) is 2.36. The fourth-order valence-corrected chi connectivity index (χ4v) is 2.36. The highest BCUT2D eigenvalue weighted by Gasteiger charge is 2.22. The van der Waals surface area contributed by atoms with Crippen molar-refractivity contribution in [1.29, 1.82) is 0 Å². The van der Waals surface area contributed by atoms with Crippen LogP contribution < -0.4 is 9.47 Å². The second kappa shape index (κ2) is 8.47. The molecule has 122 valence electrons. The van der Waals surface area contributed by atoms with E-state index in [1.807, 2.05) is 33.8 Å². The van der Waals surface area contributed by atoms with Crippen LogP contribution >= 0.6 is 0 Å². The van der Waals surface area contributed by atoms with Gasteiger partial charge in [0.1, 0.15) is 0 Å². The third-order valence-corrected chi connectivity index (χ3v) is 3.43. The SMILES string of the molecule is C=CCc1c(C(=O)N(CC)CC)ccc(OC)c1OC(C)C. The molecule has 4 nitrogen and oxygen atoms in total. The Bertz CT molecular complexity index is 519. The van der Waals surface area contributed by atoms with Crippen LogP contribution in [0.1, 0.15) is 43.6 Å². The van der Waals surface area contributed by atoms with Crippen LogP contribution in [0.3, 0.4) is 0 Å². The van der Waals surface area contributed by atoms with Crippen LogP contribution in [0.25, 0.3) is 0 Å². The van der Waals surface area contributed by atoms with Crippen molar-refractivity contribution in [2.75, 3.05) is 20.2 Å². The summed E-state index contributed by atoms with van der Waals surface area (Å²) < 4.78 is 11.3. The van der Waals surface area contributed by atoms with E-state index in [1.54, 1.807) is 24.2 Å². The summed E-state index contributed by atoms with van der Waals surface area (Å²) in [4.78, 5) is 14.5. The minimum atomic E-state index is -0.00345. The Morgan fingerprint density at radius 1 is 1.32 bits per heavy atom. The fraction of sp³-hybridized carbons (Fsp3) is 0.500. The number of allylic oxidation sites excluding steroid dienone is 1. The van der Waals surface area contributed by atoms with Crippen LogP contribution in [0.5, 0.6) is 11.5 Å². The summed E-state index contributed by atoms with van der Waals surface area (Å²) in [5.74, 6) is 1.29. The molecule has 4 heteroatoms. The van der Waals surface area contributed by atoms with Crippen LogP contribution in [0.15, 0.2) is 24.8 Å². The molecular formula is C18H27NO3. The van der Waals surface area contributed by atoms with E-state index in [0.29, 0.717) is 36.6 Å². The molecule has 0 radical (unpaired) electrons. The third kappa shape index (κ3) is 4.03. The number of ether oxygens (including phenoxy) is 2. The Morgan fingerprint density at radius 3 is 2.41 bits per heavy atom. The molecule has 1 rings (SSSR count).